The summed E-state index contributed by atoms with van der Waals surface area (Å²) in [6.07, 6.45) is 0. The van der Waals surface area contributed by atoms with Gasteiger partial charge in [-0.15, -0.1) is 0 Å². The molecule has 1 amide bonds. The topological polar surface area (TPSA) is 47.6 Å². The van der Waals surface area contributed by atoms with E-state index in [1.54, 1.807) is 25.3 Å². The summed E-state index contributed by atoms with van der Waals surface area (Å²) in [6, 6.07) is 5.31. The second-order valence-electron chi connectivity index (χ2n) is 3.67. The second-order valence-corrected chi connectivity index (χ2v) is 3.67. The largest absolute Gasteiger partial charge is 0.493 e. The lowest BCUT2D eigenvalue weighted by Crippen LogP contribution is -2.30. The average molecular weight is 223 g/mol. The van der Waals surface area contributed by atoms with Crippen molar-refractivity contribution in [2.45, 2.75) is 19.9 Å². The lowest BCUT2D eigenvalue weighted by atomic mass is 10.1. The first kappa shape index (κ1) is 12.4. The first-order valence-corrected chi connectivity index (χ1v) is 5.12. The third-order valence-corrected chi connectivity index (χ3v) is 2.07. The highest BCUT2D eigenvalue weighted by Crippen LogP contribution is 2.30. The molecule has 0 saturated heterocycles. The van der Waals surface area contributed by atoms with E-state index in [1.165, 1.54) is 7.11 Å². The van der Waals surface area contributed by atoms with E-state index >= 15 is 0 Å². The highest BCUT2D eigenvalue weighted by molar-refractivity contribution is 5.97. The number of hydrogen-bond acceptors (Lipinski definition) is 3. The Bertz CT molecular complexity index is 375. The molecule has 0 atom stereocenters. The van der Waals surface area contributed by atoms with Gasteiger partial charge < -0.3 is 14.8 Å². The predicted molar refractivity (Wildman–Crippen MR) is 62.1 cm³/mol. The van der Waals surface area contributed by atoms with E-state index in [9.17, 15) is 4.79 Å². The number of amides is 1. The first-order chi connectivity index (χ1) is 7.60. The van der Waals surface area contributed by atoms with Crippen LogP contribution in [0.2, 0.25) is 0 Å². The Kier molecular flexibility index (Phi) is 4.17. The van der Waals surface area contributed by atoms with E-state index in [2.05, 4.69) is 5.32 Å². The zero-order valence-electron chi connectivity index (χ0n) is 10.0. The monoisotopic (exact) mass is 223 g/mol. The Morgan fingerprint density at radius 3 is 2.44 bits per heavy atom. The first-order valence-electron chi connectivity index (χ1n) is 5.12. The fraction of sp³-hybridized carbons (Fsp3) is 0.417. The Morgan fingerprint density at radius 1 is 1.25 bits per heavy atom. The van der Waals surface area contributed by atoms with Crippen molar-refractivity contribution in [3.05, 3.63) is 23.8 Å². The van der Waals surface area contributed by atoms with Gasteiger partial charge in [-0.2, -0.15) is 0 Å². The molecule has 0 aromatic heterocycles. The molecule has 0 heterocycles. The molecule has 1 rings (SSSR count). The predicted octanol–water partition coefficient (Wildman–Crippen LogP) is 1.84. The van der Waals surface area contributed by atoms with Crippen LogP contribution < -0.4 is 14.8 Å². The normalized spacial score (nSPS) is 10.1. The number of ether oxygens (including phenoxy) is 2. The van der Waals surface area contributed by atoms with Crippen molar-refractivity contribution < 1.29 is 14.3 Å². The van der Waals surface area contributed by atoms with Crippen LogP contribution in [0.3, 0.4) is 0 Å². The Balaban J connectivity index is 3.07. The maximum Gasteiger partial charge on any atom is 0.255 e. The molecule has 0 bridgehead atoms. The van der Waals surface area contributed by atoms with E-state index in [-0.39, 0.29) is 11.9 Å². The second kappa shape index (κ2) is 5.39. The van der Waals surface area contributed by atoms with Gasteiger partial charge in [0, 0.05) is 6.04 Å². The minimum atomic E-state index is -0.161. The summed E-state index contributed by atoms with van der Waals surface area (Å²) in [4.78, 5) is 11.9. The number of nitrogens with one attached hydrogen (secondary N) is 1. The number of hydrogen-bond donors (Lipinski definition) is 1. The smallest absolute Gasteiger partial charge is 0.255 e. The summed E-state index contributed by atoms with van der Waals surface area (Å²) in [5.41, 5.74) is 0.482. The molecular formula is C12H17NO3. The quantitative estimate of drug-likeness (QED) is 0.847. The highest BCUT2D eigenvalue weighted by Gasteiger charge is 2.16. The fourth-order valence-corrected chi connectivity index (χ4v) is 1.41. The van der Waals surface area contributed by atoms with Gasteiger partial charge in [0.05, 0.1) is 19.8 Å². The van der Waals surface area contributed by atoms with Gasteiger partial charge in [-0.1, -0.05) is 6.07 Å². The zero-order valence-corrected chi connectivity index (χ0v) is 10.0. The van der Waals surface area contributed by atoms with Gasteiger partial charge >= 0.3 is 0 Å². The summed E-state index contributed by atoms with van der Waals surface area (Å²) in [6.45, 7) is 3.81. The van der Waals surface area contributed by atoms with Crippen molar-refractivity contribution in [3.63, 3.8) is 0 Å². The molecule has 0 aliphatic rings. The van der Waals surface area contributed by atoms with Gasteiger partial charge in [0.15, 0.2) is 11.5 Å². The van der Waals surface area contributed by atoms with Crippen LogP contribution in [0.15, 0.2) is 18.2 Å². The number of carbonyl (C=O) groups excluding carboxylic acids is 1. The van der Waals surface area contributed by atoms with E-state index in [0.717, 1.165) is 0 Å². The minimum absolute atomic E-state index is 0.0865. The number of rotatable bonds is 4. The van der Waals surface area contributed by atoms with Crippen LogP contribution in [-0.2, 0) is 0 Å². The third-order valence-electron chi connectivity index (χ3n) is 2.07. The summed E-state index contributed by atoms with van der Waals surface area (Å²) < 4.78 is 10.3. The van der Waals surface area contributed by atoms with Crippen molar-refractivity contribution in [2.24, 2.45) is 0 Å². The molecule has 0 fully saturated rings. The van der Waals surface area contributed by atoms with E-state index in [4.69, 9.17) is 9.47 Å². The van der Waals surface area contributed by atoms with Gasteiger partial charge in [0.2, 0.25) is 0 Å². The van der Waals surface area contributed by atoms with Crippen LogP contribution in [0.1, 0.15) is 24.2 Å². The maximum atomic E-state index is 11.9. The molecule has 16 heavy (non-hydrogen) atoms. The van der Waals surface area contributed by atoms with Crippen molar-refractivity contribution in [1.82, 2.24) is 5.32 Å². The Hall–Kier alpha value is -1.71. The molecule has 0 aliphatic heterocycles. The van der Waals surface area contributed by atoms with Crippen molar-refractivity contribution in [2.75, 3.05) is 14.2 Å². The average Bonchev–Trinajstić information content (AvgIpc) is 2.26. The standard InChI is InChI=1S/C12H17NO3/c1-8(2)13-12(14)9-6-5-7-10(15-3)11(9)16-4/h5-8H,1-4H3,(H,13,14). The SMILES string of the molecule is COc1cccc(C(=O)NC(C)C)c1OC. The third kappa shape index (κ3) is 2.66. The zero-order chi connectivity index (χ0) is 12.1. The van der Waals surface area contributed by atoms with Crippen LogP contribution in [0.4, 0.5) is 0 Å². The van der Waals surface area contributed by atoms with Gasteiger partial charge in [0.25, 0.3) is 5.91 Å². The van der Waals surface area contributed by atoms with Gasteiger partial charge in [-0.25, -0.2) is 0 Å². The molecule has 0 aliphatic carbocycles. The Labute approximate surface area is 95.6 Å². The lowest BCUT2D eigenvalue weighted by Gasteiger charge is -2.13. The van der Waals surface area contributed by atoms with Crippen molar-refractivity contribution >= 4 is 5.91 Å². The van der Waals surface area contributed by atoms with Crippen molar-refractivity contribution in [3.8, 4) is 11.5 Å². The molecule has 4 nitrogen and oxygen atoms in total. The van der Waals surface area contributed by atoms with Crippen LogP contribution in [-0.4, -0.2) is 26.2 Å². The fourth-order valence-electron chi connectivity index (χ4n) is 1.41. The molecule has 88 valence electrons. The lowest BCUT2D eigenvalue weighted by molar-refractivity contribution is 0.0939. The maximum absolute atomic E-state index is 11.9. The number of carbonyl (C=O) groups is 1. The minimum Gasteiger partial charge on any atom is -0.493 e. The molecule has 1 aromatic carbocycles. The van der Waals surface area contributed by atoms with Gasteiger partial charge in [0.1, 0.15) is 0 Å². The molecule has 0 saturated carbocycles. The van der Waals surface area contributed by atoms with Crippen molar-refractivity contribution in [1.29, 1.82) is 0 Å². The summed E-state index contributed by atoms with van der Waals surface area (Å²) >= 11 is 0. The number of para-hydroxylation sites is 1. The summed E-state index contributed by atoms with van der Waals surface area (Å²) in [7, 11) is 3.06. The van der Waals surface area contributed by atoms with E-state index in [0.29, 0.717) is 17.1 Å². The molecule has 4 heteroatoms. The molecule has 0 spiro atoms. The van der Waals surface area contributed by atoms with E-state index in [1.807, 2.05) is 13.8 Å². The van der Waals surface area contributed by atoms with Gasteiger partial charge in [-0.05, 0) is 26.0 Å². The highest BCUT2D eigenvalue weighted by atomic mass is 16.5. The number of benzene rings is 1. The number of methoxy groups -OCH3 is 2. The molecular weight excluding hydrogens is 206 g/mol. The van der Waals surface area contributed by atoms with Crippen LogP contribution in [0.25, 0.3) is 0 Å². The van der Waals surface area contributed by atoms with Crippen LogP contribution in [0.5, 0.6) is 11.5 Å². The molecule has 1 aromatic rings. The van der Waals surface area contributed by atoms with Gasteiger partial charge in [-0.3, -0.25) is 4.79 Å². The summed E-state index contributed by atoms with van der Waals surface area (Å²) in [5, 5.41) is 2.81. The molecule has 1 N–H and O–H groups in total. The molecule has 0 radical (unpaired) electrons. The van der Waals surface area contributed by atoms with Crippen LogP contribution >= 0.6 is 0 Å². The molecule has 0 unspecified atom stereocenters. The van der Waals surface area contributed by atoms with E-state index < -0.39 is 0 Å². The summed E-state index contributed by atoms with van der Waals surface area (Å²) in [5.74, 6) is 0.854. The van der Waals surface area contributed by atoms with Crippen LogP contribution in [0, 0.1) is 0 Å². The Morgan fingerprint density at radius 2 is 1.94 bits per heavy atom.